The molecule has 0 unspecified atom stereocenters. The average Bonchev–Trinajstić information content (AvgIpc) is 0.922. The number of aldehydes is 1. The number of carbonyl (C=O) groups is 2. The van der Waals surface area contributed by atoms with Gasteiger partial charge in [0, 0.05) is 139 Å². The van der Waals surface area contributed by atoms with Gasteiger partial charge in [-0.2, -0.15) is 0 Å². The summed E-state index contributed by atoms with van der Waals surface area (Å²) in [6, 6.07) is 33.5. The molecular formula is C75H86N4O6+2. The second kappa shape index (κ2) is 22.4. The summed E-state index contributed by atoms with van der Waals surface area (Å²) in [7, 11) is 4.69. The monoisotopic (exact) mass is 1140 g/mol. The number of anilines is 2. The number of benzene rings is 6. The quantitative estimate of drug-likeness (QED) is 0.0845. The molecule has 10 heteroatoms. The molecule has 0 aliphatic carbocycles. The van der Waals surface area contributed by atoms with E-state index in [4.69, 9.17) is 14.2 Å². The number of methoxy groups -OCH3 is 2. The zero-order valence-corrected chi connectivity index (χ0v) is 53.7. The molecule has 0 aromatic heterocycles. The van der Waals surface area contributed by atoms with Crippen molar-refractivity contribution in [1.82, 2.24) is 9.15 Å². The predicted molar refractivity (Wildman–Crippen MR) is 351 cm³/mol. The number of hydrogen-bond acceptors (Lipinski definition) is 8. The first-order valence-electron chi connectivity index (χ1n) is 30.2. The second-order valence-electron chi connectivity index (χ2n) is 25.5. The molecule has 440 valence electrons. The van der Waals surface area contributed by atoms with Gasteiger partial charge in [0.15, 0.2) is 17.4 Å². The van der Waals surface area contributed by atoms with Crippen LogP contribution in [0.15, 0.2) is 121 Å². The van der Waals surface area contributed by atoms with Crippen molar-refractivity contribution in [3.8, 4) is 23.0 Å². The van der Waals surface area contributed by atoms with Gasteiger partial charge in [0.2, 0.25) is 10.7 Å². The molecule has 6 aromatic carbocycles. The lowest BCUT2D eigenvalue weighted by molar-refractivity contribution is 0.0600. The van der Waals surface area contributed by atoms with Crippen LogP contribution in [0.5, 0.6) is 23.0 Å². The van der Waals surface area contributed by atoms with E-state index in [2.05, 4.69) is 213 Å². The Balaban J connectivity index is 0.000000181. The van der Waals surface area contributed by atoms with E-state index in [1.807, 2.05) is 42.5 Å². The molecule has 0 amide bonds. The highest BCUT2D eigenvalue weighted by molar-refractivity contribution is 6.01. The van der Waals surface area contributed by atoms with Gasteiger partial charge < -0.3 is 28.7 Å². The normalized spacial score (nSPS) is 17.4. The number of nitrogens with zero attached hydrogens (tertiary/aromatic N) is 4. The van der Waals surface area contributed by atoms with Crippen molar-refractivity contribution in [1.29, 1.82) is 0 Å². The highest BCUT2D eigenvalue weighted by Gasteiger charge is 2.39. The molecule has 0 radical (unpaired) electrons. The summed E-state index contributed by atoms with van der Waals surface area (Å²) in [5.74, 6) is 2.90. The number of ether oxygens (including phenoxy) is 4. The number of likely N-dealkylation sites (N-methyl/N-ethyl adjacent to an activating group) is 4. The summed E-state index contributed by atoms with van der Waals surface area (Å²) in [6.45, 7) is 39.2. The lowest BCUT2D eigenvalue weighted by Gasteiger charge is -2.43. The fourth-order valence-electron chi connectivity index (χ4n) is 14.8. The zero-order valence-electron chi connectivity index (χ0n) is 53.7. The Hall–Kier alpha value is -8.08. The maximum absolute atomic E-state index is 13.1. The van der Waals surface area contributed by atoms with Gasteiger partial charge in [-0.25, -0.2) is 13.9 Å². The zero-order chi connectivity index (χ0) is 61.4. The Morgan fingerprint density at radius 3 is 1.31 bits per heavy atom. The van der Waals surface area contributed by atoms with E-state index in [0.717, 1.165) is 99.3 Å². The third-order valence-electron chi connectivity index (χ3n) is 18.1. The Labute approximate surface area is 503 Å². The maximum atomic E-state index is 13.1. The standard InChI is InChI=1S/C37H41N2O3.C36H39N2O2.C2H6O/c1-10-38-30-18-32-28(16-26(30)22(3)20-36(38,5)6)34(24-14-12-13-15-25(24)35(40)41-9)29-17-27-23(4)21-37(7,8)39(11-2)31(27)19-33(29)42-32;1-9-37-30-17-32-28(15-26(30)22(3)19-35(37,5)6)34(25-14-12-11-13-24(25)21-39)29-16-27-23(4)20-36(7,8)38(10-2)31(27)18-33(29)40-32;1-3-2/h12-21H,10-11H2,1-9H3;11-21H,9-10H2,1-8H3;1-2H3/q2*+1;. The van der Waals surface area contributed by atoms with Gasteiger partial charge in [-0.05, 0) is 159 Å². The van der Waals surface area contributed by atoms with Gasteiger partial charge in [0.1, 0.15) is 36.1 Å². The van der Waals surface area contributed by atoms with Crippen LogP contribution in [-0.2, 0) is 9.47 Å². The van der Waals surface area contributed by atoms with Crippen molar-refractivity contribution in [3.05, 3.63) is 198 Å². The van der Waals surface area contributed by atoms with Crippen LogP contribution in [0, 0.1) is 0 Å². The van der Waals surface area contributed by atoms with E-state index in [0.29, 0.717) is 11.1 Å². The van der Waals surface area contributed by atoms with E-state index < -0.39 is 0 Å². The third kappa shape index (κ3) is 10.2. The van der Waals surface area contributed by atoms with Gasteiger partial charge in [-0.1, -0.05) is 54.6 Å². The van der Waals surface area contributed by atoms with Crippen LogP contribution < -0.4 is 49.6 Å². The summed E-state index contributed by atoms with van der Waals surface area (Å²) in [5, 5.41) is 4.35. The van der Waals surface area contributed by atoms with E-state index in [1.165, 1.54) is 73.7 Å². The van der Waals surface area contributed by atoms with Crippen LogP contribution in [0.25, 0.3) is 33.4 Å². The van der Waals surface area contributed by atoms with Crippen LogP contribution in [-0.4, -0.2) is 81.9 Å². The summed E-state index contributed by atoms with van der Waals surface area (Å²) in [5.41, 5.74) is 18.7. The minimum atomic E-state index is -0.353. The van der Waals surface area contributed by atoms with Gasteiger partial charge >= 0.3 is 5.97 Å². The van der Waals surface area contributed by atoms with Crippen molar-refractivity contribution < 1.29 is 28.5 Å². The first kappa shape index (κ1) is 60.1. The van der Waals surface area contributed by atoms with Crippen molar-refractivity contribution in [2.24, 2.45) is 0 Å². The molecule has 12 rings (SSSR count). The molecule has 0 spiro atoms. The van der Waals surface area contributed by atoms with Gasteiger partial charge in [-0.15, -0.1) is 0 Å². The lowest BCUT2D eigenvalue weighted by atomic mass is 9.83. The Kier molecular flexibility index (Phi) is 15.8. The van der Waals surface area contributed by atoms with Gasteiger partial charge in [0.05, 0.1) is 35.9 Å². The Bertz CT molecular complexity index is 4200. The van der Waals surface area contributed by atoms with Crippen molar-refractivity contribution in [2.45, 2.75) is 133 Å². The smallest absolute Gasteiger partial charge is 0.338 e. The number of esters is 1. The number of rotatable bonds is 8. The maximum Gasteiger partial charge on any atom is 0.338 e. The lowest BCUT2D eigenvalue weighted by Crippen LogP contribution is -2.49. The third-order valence-corrected chi connectivity index (χ3v) is 18.1. The minimum absolute atomic E-state index is 0.0978. The highest BCUT2D eigenvalue weighted by atomic mass is 16.5. The van der Waals surface area contributed by atoms with Crippen molar-refractivity contribution in [2.75, 3.05) is 57.3 Å². The van der Waals surface area contributed by atoms with E-state index in [1.54, 1.807) is 14.2 Å². The first-order valence-corrected chi connectivity index (χ1v) is 30.2. The van der Waals surface area contributed by atoms with Crippen LogP contribution in [0.1, 0.15) is 176 Å². The largest absolute Gasteiger partial charge is 0.465 e. The molecule has 6 heterocycles. The predicted octanol–water partition coefficient (Wildman–Crippen LogP) is 13.4. The summed E-state index contributed by atoms with van der Waals surface area (Å²) >= 11 is 0. The molecular weight excluding hydrogens is 1050 g/mol. The van der Waals surface area contributed by atoms with Crippen molar-refractivity contribution >= 4 is 57.1 Å². The van der Waals surface area contributed by atoms with Crippen LogP contribution in [0.4, 0.5) is 11.4 Å². The van der Waals surface area contributed by atoms with Crippen LogP contribution >= 0.6 is 0 Å². The number of allylic oxidation sites excluding steroid dienone is 4. The molecule has 0 saturated carbocycles. The summed E-state index contributed by atoms with van der Waals surface area (Å²) in [4.78, 5) is 30.2. The van der Waals surface area contributed by atoms with Crippen molar-refractivity contribution in [3.63, 3.8) is 0 Å². The topological polar surface area (TPSA) is 83.6 Å². The summed E-state index contributed by atoms with van der Waals surface area (Å²) in [6.07, 6.45) is 10.4. The minimum Gasteiger partial charge on any atom is -0.465 e. The van der Waals surface area contributed by atoms with Gasteiger partial charge in [0.25, 0.3) is 0 Å². The molecule has 6 aliphatic rings. The van der Waals surface area contributed by atoms with Crippen LogP contribution in [0.2, 0.25) is 0 Å². The number of fused-ring (bicyclic) bond motifs is 8. The molecule has 85 heavy (non-hydrogen) atoms. The fourth-order valence-corrected chi connectivity index (χ4v) is 14.8. The fraction of sp³-hybridized carbons (Fsp3) is 0.360. The molecule has 0 bridgehead atoms. The Morgan fingerprint density at radius 1 is 0.494 bits per heavy atom. The van der Waals surface area contributed by atoms with Gasteiger partial charge in [-0.3, -0.25) is 4.79 Å². The highest BCUT2D eigenvalue weighted by Crippen LogP contribution is 2.49. The molecule has 0 saturated heterocycles. The van der Waals surface area contributed by atoms with Crippen LogP contribution in [0.3, 0.4) is 0 Å². The Morgan fingerprint density at radius 2 is 0.894 bits per heavy atom. The number of carbonyl (C=O) groups excluding carboxylic acids is 2. The van der Waals surface area contributed by atoms with E-state index in [9.17, 15) is 9.59 Å². The molecule has 0 N–H and O–H groups in total. The molecule has 0 fully saturated rings. The first-order chi connectivity index (χ1) is 40.3. The van der Waals surface area contributed by atoms with E-state index >= 15 is 0 Å². The SMILES string of the molecule is CCN1c2cc3c(cc2C(C)=CC1(C)C)C(c1ccccc1C(=O)OC)=c1cc2c(cc1O3)=[N+](CC)C(C)(C)C=C2C.CCN1c2cc3c(cc2C(C)=CC1(C)C)C(c1ccccc1C=O)=c1cc2c(cc1O3)=[N+](CC)C(C)(C)C=C2C.COC. The molecule has 10 nitrogen and oxygen atoms in total. The molecule has 6 aliphatic heterocycles. The molecule has 0 atom stereocenters. The second-order valence-corrected chi connectivity index (χ2v) is 25.5. The van der Waals surface area contributed by atoms with E-state index in [-0.39, 0.29) is 28.1 Å². The number of hydrogen-bond donors (Lipinski definition) is 0. The molecule has 6 aromatic rings. The average molecular weight is 1140 g/mol. The summed E-state index contributed by atoms with van der Waals surface area (Å²) < 4.78 is 28.0.